The molecule has 1 aliphatic rings. The molecule has 0 bridgehead atoms. The van der Waals surface area contributed by atoms with Crippen LogP contribution in [-0.4, -0.2) is 29.7 Å². The lowest BCUT2D eigenvalue weighted by Gasteiger charge is -2.40. The first-order chi connectivity index (χ1) is 8.03. The second kappa shape index (κ2) is 6.36. The summed E-state index contributed by atoms with van der Waals surface area (Å²) < 4.78 is 0. The zero-order valence-corrected chi connectivity index (χ0v) is 11.0. The lowest BCUT2D eigenvalue weighted by atomic mass is 9.76. The fraction of sp³-hybridized carbons (Fsp3) is 0.923. The molecule has 3 unspecified atom stereocenters. The monoisotopic (exact) mass is 242 g/mol. The molecule has 100 valence electrons. The van der Waals surface area contributed by atoms with Crippen molar-refractivity contribution >= 4 is 5.91 Å². The van der Waals surface area contributed by atoms with Crippen molar-refractivity contribution in [2.45, 2.75) is 51.5 Å². The van der Waals surface area contributed by atoms with Crippen molar-refractivity contribution in [1.82, 2.24) is 5.32 Å². The van der Waals surface area contributed by atoms with Crippen molar-refractivity contribution in [3.05, 3.63) is 0 Å². The summed E-state index contributed by atoms with van der Waals surface area (Å²) in [4.78, 5) is 12.0. The minimum Gasteiger partial charge on any atom is -0.394 e. The number of rotatable bonds is 5. The van der Waals surface area contributed by atoms with Crippen LogP contribution in [0.2, 0.25) is 0 Å². The van der Waals surface area contributed by atoms with Crippen molar-refractivity contribution in [3.8, 4) is 0 Å². The molecule has 0 radical (unpaired) electrons. The highest BCUT2D eigenvalue weighted by molar-refractivity contribution is 5.79. The van der Waals surface area contributed by atoms with Gasteiger partial charge in [-0.25, -0.2) is 0 Å². The molecule has 0 aromatic carbocycles. The fourth-order valence-corrected chi connectivity index (χ4v) is 2.72. The van der Waals surface area contributed by atoms with Crippen LogP contribution in [0.5, 0.6) is 0 Å². The quantitative estimate of drug-likeness (QED) is 0.674. The largest absolute Gasteiger partial charge is 0.394 e. The van der Waals surface area contributed by atoms with E-state index in [1.165, 1.54) is 6.42 Å². The molecule has 0 aromatic rings. The lowest BCUT2D eigenvalue weighted by molar-refractivity contribution is -0.128. The number of carbonyl (C=O) groups excluding carboxylic acids is 1. The summed E-state index contributed by atoms with van der Waals surface area (Å²) in [7, 11) is 0. The molecular weight excluding hydrogens is 216 g/mol. The van der Waals surface area contributed by atoms with Gasteiger partial charge in [0, 0.05) is 5.92 Å². The molecule has 4 N–H and O–H groups in total. The topological polar surface area (TPSA) is 75.3 Å². The molecule has 1 saturated carbocycles. The standard InChI is InChI=1S/C13H26N2O2/c1-10-4-3-6-13(8-10,9-16)15-12(17)11(2)5-7-14/h10-11,16H,3-9,14H2,1-2H3,(H,15,17). The van der Waals surface area contributed by atoms with Crippen LogP contribution in [-0.2, 0) is 4.79 Å². The highest BCUT2D eigenvalue weighted by atomic mass is 16.3. The summed E-state index contributed by atoms with van der Waals surface area (Å²) in [5, 5.41) is 12.6. The minimum absolute atomic E-state index is 0.0265. The molecule has 0 heterocycles. The van der Waals surface area contributed by atoms with Gasteiger partial charge < -0.3 is 16.2 Å². The molecule has 0 saturated heterocycles. The number of aliphatic hydroxyl groups excluding tert-OH is 1. The third kappa shape index (κ3) is 3.96. The molecule has 4 heteroatoms. The predicted octanol–water partition coefficient (Wildman–Crippen LogP) is 1.03. The second-order valence-corrected chi connectivity index (χ2v) is 5.61. The van der Waals surface area contributed by atoms with Crippen LogP contribution < -0.4 is 11.1 Å². The van der Waals surface area contributed by atoms with Gasteiger partial charge in [-0.1, -0.05) is 26.7 Å². The van der Waals surface area contributed by atoms with Gasteiger partial charge >= 0.3 is 0 Å². The number of hydrogen-bond acceptors (Lipinski definition) is 3. The van der Waals surface area contributed by atoms with Gasteiger partial charge in [0.05, 0.1) is 12.1 Å². The maximum atomic E-state index is 12.0. The van der Waals surface area contributed by atoms with Crippen LogP contribution in [0.1, 0.15) is 46.0 Å². The Kier molecular flexibility index (Phi) is 5.40. The Morgan fingerprint density at radius 1 is 1.65 bits per heavy atom. The van der Waals surface area contributed by atoms with Gasteiger partial charge in [0.15, 0.2) is 0 Å². The van der Waals surface area contributed by atoms with E-state index in [9.17, 15) is 9.90 Å². The predicted molar refractivity (Wildman–Crippen MR) is 68.4 cm³/mol. The average molecular weight is 242 g/mol. The first kappa shape index (κ1) is 14.5. The third-order valence-corrected chi connectivity index (χ3v) is 3.83. The van der Waals surface area contributed by atoms with Crippen molar-refractivity contribution in [2.24, 2.45) is 17.6 Å². The van der Waals surface area contributed by atoms with Crippen LogP contribution in [0.3, 0.4) is 0 Å². The Bertz CT molecular complexity index is 258. The molecule has 0 aliphatic heterocycles. The molecule has 1 aliphatic carbocycles. The molecular formula is C13H26N2O2. The maximum absolute atomic E-state index is 12.0. The Labute approximate surface area is 104 Å². The van der Waals surface area contributed by atoms with Crippen molar-refractivity contribution in [1.29, 1.82) is 0 Å². The third-order valence-electron chi connectivity index (χ3n) is 3.83. The number of nitrogens with one attached hydrogen (secondary N) is 1. The molecule has 0 aromatic heterocycles. The van der Waals surface area contributed by atoms with Crippen molar-refractivity contribution in [2.75, 3.05) is 13.2 Å². The van der Waals surface area contributed by atoms with E-state index in [1.54, 1.807) is 0 Å². The number of nitrogens with two attached hydrogens (primary N) is 1. The second-order valence-electron chi connectivity index (χ2n) is 5.61. The Morgan fingerprint density at radius 3 is 2.88 bits per heavy atom. The highest BCUT2D eigenvalue weighted by Crippen LogP contribution is 2.32. The highest BCUT2D eigenvalue weighted by Gasteiger charge is 2.36. The number of carbonyl (C=O) groups is 1. The van der Waals surface area contributed by atoms with Gasteiger partial charge in [0.2, 0.25) is 5.91 Å². The molecule has 1 rings (SSSR count). The maximum Gasteiger partial charge on any atom is 0.223 e. The zero-order valence-electron chi connectivity index (χ0n) is 11.0. The zero-order chi connectivity index (χ0) is 12.9. The van der Waals surface area contributed by atoms with Gasteiger partial charge in [-0.3, -0.25) is 4.79 Å². The van der Waals surface area contributed by atoms with Crippen LogP contribution in [0.15, 0.2) is 0 Å². The number of aliphatic hydroxyl groups is 1. The SMILES string of the molecule is CC1CCCC(CO)(NC(=O)C(C)CCN)C1. The first-order valence-corrected chi connectivity index (χ1v) is 6.66. The van der Waals surface area contributed by atoms with E-state index in [0.29, 0.717) is 18.9 Å². The summed E-state index contributed by atoms with van der Waals surface area (Å²) in [6, 6.07) is 0. The van der Waals surface area contributed by atoms with Crippen LogP contribution in [0.25, 0.3) is 0 Å². The van der Waals surface area contributed by atoms with E-state index in [1.807, 2.05) is 6.92 Å². The van der Waals surface area contributed by atoms with E-state index < -0.39 is 5.54 Å². The van der Waals surface area contributed by atoms with Crippen LogP contribution in [0, 0.1) is 11.8 Å². The van der Waals surface area contributed by atoms with E-state index in [-0.39, 0.29) is 18.4 Å². The van der Waals surface area contributed by atoms with Gasteiger partial charge in [-0.2, -0.15) is 0 Å². The Balaban J connectivity index is 2.58. The Morgan fingerprint density at radius 2 is 2.35 bits per heavy atom. The molecule has 3 atom stereocenters. The summed E-state index contributed by atoms with van der Waals surface area (Å²) in [5.74, 6) is 0.528. The lowest BCUT2D eigenvalue weighted by Crippen LogP contribution is -2.55. The number of hydrogen-bond donors (Lipinski definition) is 3. The van der Waals surface area contributed by atoms with Crippen LogP contribution in [0.4, 0.5) is 0 Å². The van der Waals surface area contributed by atoms with E-state index in [0.717, 1.165) is 19.3 Å². The number of amides is 1. The summed E-state index contributed by atoms with van der Waals surface area (Å²) in [5.41, 5.74) is 5.07. The van der Waals surface area contributed by atoms with E-state index in [4.69, 9.17) is 5.73 Å². The first-order valence-electron chi connectivity index (χ1n) is 6.66. The van der Waals surface area contributed by atoms with Gasteiger partial charge in [-0.15, -0.1) is 0 Å². The van der Waals surface area contributed by atoms with Gasteiger partial charge in [0.1, 0.15) is 0 Å². The van der Waals surface area contributed by atoms with E-state index >= 15 is 0 Å². The van der Waals surface area contributed by atoms with Crippen molar-refractivity contribution in [3.63, 3.8) is 0 Å². The van der Waals surface area contributed by atoms with Gasteiger partial charge in [-0.05, 0) is 31.7 Å². The summed E-state index contributed by atoms with van der Waals surface area (Å²) in [6.45, 7) is 4.63. The van der Waals surface area contributed by atoms with E-state index in [2.05, 4.69) is 12.2 Å². The van der Waals surface area contributed by atoms with Crippen molar-refractivity contribution < 1.29 is 9.90 Å². The molecule has 1 amide bonds. The van der Waals surface area contributed by atoms with Crippen LogP contribution >= 0.6 is 0 Å². The molecule has 0 spiro atoms. The Hall–Kier alpha value is -0.610. The minimum atomic E-state index is -0.391. The molecule has 17 heavy (non-hydrogen) atoms. The smallest absolute Gasteiger partial charge is 0.223 e. The van der Waals surface area contributed by atoms with Gasteiger partial charge in [0.25, 0.3) is 0 Å². The fourth-order valence-electron chi connectivity index (χ4n) is 2.72. The summed E-state index contributed by atoms with van der Waals surface area (Å²) in [6.07, 6.45) is 4.73. The molecule has 1 fully saturated rings. The average Bonchev–Trinajstić information content (AvgIpc) is 2.29. The molecule has 4 nitrogen and oxygen atoms in total. The normalized spacial score (nSPS) is 30.9. The summed E-state index contributed by atoms with van der Waals surface area (Å²) >= 11 is 0.